The van der Waals surface area contributed by atoms with E-state index in [1.807, 2.05) is 0 Å². The van der Waals surface area contributed by atoms with Crippen LogP contribution < -0.4 is 16.2 Å². The molecule has 5 nitrogen and oxygen atoms in total. The van der Waals surface area contributed by atoms with Crippen LogP contribution in [0.25, 0.3) is 0 Å². The molecule has 1 amide bonds. The maximum absolute atomic E-state index is 11.9. The van der Waals surface area contributed by atoms with Crippen molar-refractivity contribution < 1.29 is 4.79 Å². The van der Waals surface area contributed by atoms with Gasteiger partial charge in [-0.05, 0) is 50.9 Å². The predicted octanol–water partition coefficient (Wildman–Crippen LogP) is 0.413. The van der Waals surface area contributed by atoms with Crippen LogP contribution in [0.5, 0.6) is 0 Å². The van der Waals surface area contributed by atoms with E-state index in [1.54, 1.807) is 19.1 Å². The van der Waals surface area contributed by atoms with Gasteiger partial charge in [0, 0.05) is 12.2 Å². The maximum Gasteiger partial charge on any atom is 0.260 e. The van der Waals surface area contributed by atoms with E-state index in [4.69, 9.17) is 0 Å². The third kappa shape index (κ3) is 3.20. The van der Waals surface area contributed by atoms with Crippen molar-refractivity contribution in [2.75, 3.05) is 19.6 Å². The molecule has 0 saturated carbocycles. The molecule has 3 N–H and O–H groups in total. The average Bonchev–Trinajstić information content (AvgIpc) is 2.37. The zero-order chi connectivity index (χ0) is 13.0. The van der Waals surface area contributed by atoms with Gasteiger partial charge in [-0.15, -0.1) is 0 Å². The number of carbonyl (C=O) groups is 1. The molecule has 0 bridgehead atoms. The van der Waals surface area contributed by atoms with Crippen molar-refractivity contribution in [3.63, 3.8) is 0 Å². The van der Waals surface area contributed by atoms with Gasteiger partial charge in [0.1, 0.15) is 5.56 Å². The summed E-state index contributed by atoms with van der Waals surface area (Å²) in [5.41, 5.74) is 0.617. The van der Waals surface area contributed by atoms with Gasteiger partial charge in [-0.25, -0.2) is 0 Å². The van der Waals surface area contributed by atoms with Gasteiger partial charge in [-0.1, -0.05) is 0 Å². The summed E-state index contributed by atoms with van der Waals surface area (Å²) in [6.45, 7) is 4.41. The van der Waals surface area contributed by atoms with Crippen molar-refractivity contribution in [2.24, 2.45) is 5.92 Å². The first-order valence-electron chi connectivity index (χ1n) is 6.35. The highest BCUT2D eigenvalue weighted by Crippen LogP contribution is 2.08. The summed E-state index contributed by atoms with van der Waals surface area (Å²) >= 11 is 0. The standard InChI is InChI=1S/C13H19N3O2/c1-9-4-5-11(13(18)16-9)12(17)15-8-10-3-2-6-14-7-10/h4-5,10,14H,2-3,6-8H2,1H3,(H,15,17)(H,16,18). The Labute approximate surface area is 106 Å². The SMILES string of the molecule is Cc1ccc(C(=O)NCC2CCCNC2)c(=O)[nH]1. The highest BCUT2D eigenvalue weighted by Gasteiger charge is 2.15. The van der Waals surface area contributed by atoms with Gasteiger partial charge >= 0.3 is 0 Å². The van der Waals surface area contributed by atoms with E-state index in [0.717, 1.165) is 31.6 Å². The molecule has 0 aromatic carbocycles. The van der Waals surface area contributed by atoms with Crippen LogP contribution in [0.4, 0.5) is 0 Å². The number of rotatable bonds is 3. The number of H-pyrrole nitrogens is 1. The van der Waals surface area contributed by atoms with E-state index in [1.165, 1.54) is 0 Å². The monoisotopic (exact) mass is 249 g/mol. The van der Waals surface area contributed by atoms with Gasteiger partial charge in [0.15, 0.2) is 0 Å². The van der Waals surface area contributed by atoms with Crippen LogP contribution in [0.3, 0.4) is 0 Å². The largest absolute Gasteiger partial charge is 0.352 e. The number of amides is 1. The van der Waals surface area contributed by atoms with Gasteiger partial charge < -0.3 is 15.6 Å². The lowest BCUT2D eigenvalue weighted by Crippen LogP contribution is -2.39. The lowest BCUT2D eigenvalue weighted by atomic mass is 10.00. The molecule has 18 heavy (non-hydrogen) atoms. The lowest BCUT2D eigenvalue weighted by molar-refractivity contribution is 0.0943. The number of nitrogens with one attached hydrogen (secondary N) is 3. The van der Waals surface area contributed by atoms with E-state index in [2.05, 4.69) is 15.6 Å². The van der Waals surface area contributed by atoms with Crippen LogP contribution in [0, 0.1) is 12.8 Å². The number of pyridine rings is 1. The Morgan fingerprint density at radius 3 is 3.00 bits per heavy atom. The Kier molecular flexibility index (Phi) is 4.15. The summed E-state index contributed by atoms with van der Waals surface area (Å²) in [6, 6.07) is 3.31. The Bertz CT molecular complexity index is 475. The highest BCUT2D eigenvalue weighted by atomic mass is 16.2. The lowest BCUT2D eigenvalue weighted by Gasteiger charge is -2.22. The van der Waals surface area contributed by atoms with E-state index in [9.17, 15) is 9.59 Å². The van der Waals surface area contributed by atoms with Crippen molar-refractivity contribution in [3.05, 3.63) is 33.7 Å². The summed E-state index contributed by atoms with van der Waals surface area (Å²) in [5.74, 6) is 0.175. The maximum atomic E-state index is 11.9. The fourth-order valence-electron chi connectivity index (χ4n) is 2.18. The minimum atomic E-state index is -0.325. The van der Waals surface area contributed by atoms with Crippen LogP contribution in [0.15, 0.2) is 16.9 Å². The summed E-state index contributed by atoms with van der Waals surface area (Å²) in [6.07, 6.45) is 2.27. The fourth-order valence-corrected chi connectivity index (χ4v) is 2.18. The molecule has 5 heteroatoms. The van der Waals surface area contributed by atoms with Crippen molar-refractivity contribution in [1.29, 1.82) is 0 Å². The molecule has 1 aliphatic heterocycles. The molecule has 98 valence electrons. The second-order valence-corrected chi connectivity index (χ2v) is 4.81. The van der Waals surface area contributed by atoms with Gasteiger partial charge in [0.25, 0.3) is 11.5 Å². The normalized spacial score (nSPS) is 19.5. The first-order valence-corrected chi connectivity index (χ1v) is 6.35. The number of carbonyl (C=O) groups excluding carboxylic acids is 1. The van der Waals surface area contributed by atoms with Crippen LogP contribution >= 0.6 is 0 Å². The van der Waals surface area contributed by atoms with Crippen LogP contribution in [-0.2, 0) is 0 Å². The summed E-state index contributed by atoms with van der Waals surface area (Å²) in [5, 5.41) is 6.13. The van der Waals surface area contributed by atoms with Crippen molar-refractivity contribution >= 4 is 5.91 Å². The zero-order valence-electron chi connectivity index (χ0n) is 10.6. The molecule has 1 fully saturated rings. The third-order valence-electron chi connectivity index (χ3n) is 3.25. The highest BCUT2D eigenvalue weighted by molar-refractivity contribution is 5.93. The second-order valence-electron chi connectivity index (χ2n) is 4.81. The number of piperidine rings is 1. The molecule has 0 aliphatic carbocycles. The van der Waals surface area contributed by atoms with Crippen molar-refractivity contribution in [2.45, 2.75) is 19.8 Å². The van der Waals surface area contributed by atoms with Gasteiger partial charge in [-0.3, -0.25) is 9.59 Å². The topological polar surface area (TPSA) is 74.0 Å². The van der Waals surface area contributed by atoms with E-state index in [-0.39, 0.29) is 17.0 Å². The Balaban J connectivity index is 1.93. The molecular weight excluding hydrogens is 230 g/mol. The van der Waals surface area contributed by atoms with Gasteiger partial charge in [0.2, 0.25) is 0 Å². The first-order chi connectivity index (χ1) is 8.66. The van der Waals surface area contributed by atoms with Crippen LogP contribution in [0.1, 0.15) is 28.9 Å². The average molecular weight is 249 g/mol. The van der Waals surface area contributed by atoms with Gasteiger partial charge in [0.05, 0.1) is 0 Å². The Morgan fingerprint density at radius 2 is 2.33 bits per heavy atom. The summed E-state index contributed by atoms with van der Waals surface area (Å²) in [7, 11) is 0. The predicted molar refractivity (Wildman–Crippen MR) is 69.7 cm³/mol. The van der Waals surface area contributed by atoms with Crippen LogP contribution in [0.2, 0.25) is 0 Å². The van der Waals surface area contributed by atoms with Crippen molar-refractivity contribution in [3.8, 4) is 0 Å². The second kappa shape index (κ2) is 5.82. The molecule has 1 unspecified atom stereocenters. The molecule has 1 aromatic rings. The van der Waals surface area contributed by atoms with Gasteiger partial charge in [-0.2, -0.15) is 0 Å². The zero-order valence-corrected chi connectivity index (χ0v) is 10.6. The number of hydrogen-bond acceptors (Lipinski definition) is 3. The van der Waals surface area contributed by atoms with Crippen molar-refractivity contribution in [1.82, 2.24) is 15.6 Å². The number of aromatic nitrogens is 1. The Morgan fingerprint density at radius 1 is 1.50 bits per heavy atom. The van der Waals surface area contributed by atoms with E-state index in [0.29, 0.717) is 12.5 Å². The molecule has 2 heterocycles. The summed E-state index contributed by atoms with van der Waals surface area (Å²) < 4.78 is 0. The molecule has 0 radical (unpaired) electrons. The number of aryl methyl sites for hydroxylation is 1. The minimum absolute atomic E-state index is 0.185. The first kappa shape index (κ1) is 12.8. The molecule has 1 aliphatic rings. The quantitative estimate of drug-likeness (QED) is 0.726. The van der Waals surface area contributed by atoms with E-state index < -0.39 is 0 Å². The summed E-state index contributed by atoms with van der Waals surface area (Å²) in [4.78, 5) is 26.1. The Hall–Kier alpha value is -1.62. The smallest absolute Gasteiger partial charge is 0.260 e. The molecule has 1 atom stereocenters. The van der Waals surface area contributed by atoms with E-state index >= 15 is 0 Å². The fraction of sp³-hybridized carbons (Fsp3) is 0.538. The molecular formula is C13H19N3O2. The minimum Gasteiger partial charge on any atom is -0.352 e. The molecule has 1 saturated heterocycles. The number of aromatic amines is 1. The van der Waals surface area contributed by atoms with Crippen LogP contribution in [-0.4, -0.2) is 30.5 Å². The molecule has 0 spiro atoms. The molecule has 1 aromatic heterocycles. The third-order valence-corrected chi connectivity index (χ3v) is 3.25. The molecule has 2 rings (SSSR count). The number of hydrogen-bond donors (Lipinski definition) is 3.